The summed E-state index contributed by atoms with van der Waals surface area (Å²) in [7, 11) is 0. The van der Waals surface area contributed by atoms with Crippen LogP contribution in [0.25, 0.3) is 11.1 Å². The van der Waals surface area contributed by atoms with E-state index in [9.17, 15) is 4.79 Å². The molecule has 0 aromatic heterocycles. The van der Waals surface area contributed by atoms with Crippen molar-refractivity contribution < 1.29 is 9.53 Å². The van der Waals surface area contributed by atoms with Crippen molar-refractivity contribution in [2.75, 3.05) is 0 Å². The van der Waals surface area contributed by atoms with Gasteiger partial charge in [-0.15, -0.1) is 0 Å². The van der Waals surface area contributed by atoms with Gasteiger partial charge in [-0.3, -0.25) is 4.79 Å². The first kappa shape index (κ1) is 19.7. The Bertz CT molecular complexity index is 724. The SMILES string of the molecule is CCCC1CC(C(=O)Oc2ccc(-c3ccc(C(C)CCC)cc3)cc2)C1. The summed E-state index contributed by atoms with van der Waals surface area (Å²) in [5.41, 5.74) is 3.74. The smallest absolute Gasteiger partial charge is 0.314 e. The summed E-state index contributed by atoms with van der Waals surface area (Å²) in [6.45, 7) is 6.72. The molecule has 0 bridgehead atoms. The van der Waals surface area contributed by atoms with E-state index in [2.05, 4.69) is 45.0 Å². The Morgan fingerprint density at radius 1 is 0.963 bits per heavy atom. The van der Waals surface area contributed by atoms with E-state index in [1.54, 1.807) is 0 Å². The van der Waals surface area contributed by atoms with Crippen LogP contribution in [0.2, 0.25) is 0 Å². The molecule has 0 N–H and O–H groups in total. The fraction of sp³-hybridized carbons (Fsp3) is 0.480. The fourth-order valence-electron chi connectivity index (χ4n) is 4.09. The van der Waals surface area contributed by atoms with Crippen molar-refractivity contribution in [2.24, 2.45) is 11.8 Å². The van der Waals surface area contributed by atoms with Gasteiger partial charge in [0, 0.05) is 0 Å². The Kier molecular flexibility index (Phi) is 6.71. The quantitative estimate of drug-likeness (QED) is 0.373. The highest BCUT2D eigenvalue weighted by Crippen LogP contribution is 2.37. The second-order valence-corrected chi connectivity index (χ2v) is 8.08. The molecule has 27 heavy (non-hydrogen) atoms. The zero-order valence-corrected chi connectivity index (χ0v) is 16.9. The number of carbonyl (C=O) groups excluding carboxylic acids is 1. The Morgan fingerprint density at radius 3 is 2.11 bits per heavy atom. The molecule has 0 amide bonds. The van der Waals surface area contributed by atoms with Crippen molar-refractivity contribution >= 4 is 5.97 Å². The van der Waals surface area contributed by atoms with E-state index in [0.29, 0.717) is 11.7 Å². The maximum absolute atomic E-state index is 12.2. The van der Waals surface area contributed by atoms with Crippen molar-refractivity contribution in [1.29, 1.82) is 0 Å². The van der Waals surface area contributed by atoms with Crippen LogP contribution in [0.3, 0.4) is 0 Å². The van der Waals surface area contributed by atoms with Gasteiger partial charge >= 0.3 is 5.97 Å². The van der Waals surface area contributed by atoms with Crippen LogP contribution in [0.15, 0.2) is 48.5 Å². The molecule has 3 rings (SSSR count). The number of carbonyl (C=O) groups is 1. The summed E-state index contributed by atoms with van der Waals surface area (Å²) >= 11 is 0. The van der Waals surface area contributed by atoms with E-state index in [1.807, 2.05) is 24.3 Å². The highest BCUT2D eigenvalue weighted by atomic mass is 16.5. The third-order valence-electron chi connectivity index (χ3n) is 5.87. The van der Waals surface area contributed by atoms with Gasteiger partial charge in [0.2, 0.25) is 0 Å². The third kappa shape index (κ3) is 5.00. The van der Waals surface area contributed by atoms with Crippen molar-refractivity contribution in [2.45, 2.75) is 65.2 Å². The maximum atomic E-state index is 12.2. The largest absolute Gasteiger partial charge is 0.426 e. The number of hydrogen-bond donors (Lipinski definition) is 0. The van der Waals surface area contributed by atoms with Gasteiger partial charge < -0.3 is 4.74 Å². The minimum Gasteiger partial charge on any atom is -0.426 e. The minimum atomic E-state index is -0.0654. The van der Waals surface area contributed by atoms with E-state index < -0.39 is 0 Å². The molecule has 2 aromatic carbocycles. The average Bonchev–Trinajstić information content (AvgIpc) is 2.65. The van der Waals surface area contributed by atoms with E-state index in [4.69, 9.17) is 4.74 Å². The van der Waals surface area contributed by atoms with E-state index in [1.165, 1.54) is 36.8 Å². The lowest BCUT2D eigenvalue weighted by Crippen LogP contribution is -2.33. The zero-order chi connectivity index (χ0) is 19.2. The molecule has 0 radical (unpaired) electrons. The van der Waals surface area contributed by atoms with Crippen molar-refractivity contribution in [3.63, 3.8) is 0 Å². The van der Waals surface area contributed by atoms with Gasteiger partial charge in [-0.05, 0) is 59.9 Å². The molecule has 1 fully saturated rings. The maximum Gasteiger partial charge on any atom is 0.314 e. The molecular weight excluding hydrogens is 332 g/mol. The number of hydrogen-bond acceptors (Lipinski definition) is 2. The Labute approximate surface area is 164 Å². The summed E-state index contributed by atoms with van der Waals surface area (Å²) in [6, 6.07) is 16.7. The summed E-state index contributed by atoms with van der Waals surface area (Å²) in [4.78, 5) is 12.2. The van der Waals surface area contributed by atoms with Crippen LogP contribution in [-0.4, -0.2) is 5.97 Å². The van der Waals surface area contributed by atoms with E-state index >= 15 is 0 Å². The molecular formula is C25H32O2. The van der Waals surface area contributed by atoms with Crippen molar-refractivity contribution in [1.82, 2.24) is 0 Å². The fourth-order valence-corrected chi connectivity index (χ4v) is 4.09. The number of ether oxygens (including phenoxy) is 1. The van der Waals surface area contributed by atoms with Crippen LogP contribution in [-0.2, 0) is 4.79 Å². The predicted octanol–water partition coefficient (Wildman–Crippen LogP) is 6.99. The number of esters is 1. The zero-order valence-electron chi connectivity index (χ0n) is 16.9. The second kappa shape index (κ2) is 9.21. The molecule has 144 valence electrons. The molecule has 1 unspecified atom stereocenters. The molecule has 0 spiro atoms. The molecule has 1 aliphatic rings. The minimum absolute atomic E-state index is 0.0654. The first-order valence-electron chi connectivity index (χ1n) is 10.5. The second-order valence-electron chi connectivity index (χ2n) is 8.08. The first-order valence-corrected chi connectivity index (χ1v) is 10.5. The molecule has 0 aliphatic heterocycles. The van der Waals surface area contributed by atoms with Gasteiger partial charge in [0.15, 0.2) is 0 Å². The number of rotatable bonds is 8. The molecule has 0 saturated heterocycles. The molecule has 1 saturated carbocycles. The van der Waals surface area contributed by atoms with Gasteiger partial charge in [-0.2, -0.15) is 0 Å². The van der Waals surface area contributed by atoms with Gasteiger partial charge in [-0.25, -0.2) is 0 Å². The van der Waals surface area contributed by atoms with Gasteiger partial charge in [0.1, 0.15) is 5.75 Å². The predicted molar refractivity (Wildman–Crippen MR) is 112 cm³/mol. The summed E-state index contributed by atoms with van der Waals surface area (Å²) in [5.74, 6) is 2.01. The van der Waals surface area contributed by atoms with Crippen LogP contribution in [0.4, 0.5) is 0 Å². The highest BCUT2D eigenvalue weighted by Gasteiger charge is 2.35. The summed E-state index contributed by atoms with van der Waals surface area (Å²) in [6.07, 6.45) is 6.85. The first-order chi connectivity index (χ1) is 13.1. The summed E-state index contributed by atoms with van der Waals surface area (Å²) < 4.78 is 5.57. The topological polar surface area (TPSA) is 26.3 Å². The lowest BCUT2D eigenvalue weighted by molar-refractivity contribution is -0.143. The molecule has 2 nitrogen and oxygen atoms in total. The van der Waals surface area contributed by atoms with Crippen LogP contribution in [0.1, 0.15) is 70.8 Å². The molecule has 1 aliphatic carbocycles. The standard InChI is InChI=1S/C25H32O2/c1-4-6-18(3)20-8-10-21(11-9-20)22-12-14-24(15-13-22)27-25(26)23-16-19(17-23)7-5-2/h8-15,18-19,23H,4-7,16-17H2,1-3H3. The molecule has 2 heteroatoms. The van der Waals surface area contributed by atoms with Crippen LogP contribution < -0.4 is 4.74 Å². The Balaban J connectivity index is 1.56. The number of benzene rings is 2. The van der Waals surface area contributed by atoms with E-state index in [-0.39, 0.29) is 11.9 Å². The monoisotopic (exact) mass is 364 g/mol. The van der Waals surface area contributed by atoms with Gasteiger partial charge in [0.05, 0.1) is 5.92 Å². The van der Waals surface area contributed by atoms with Crippen LogP contribution in [0, 0.1) is 11.8 Å². The Morgan fingerprint density at radius 2 is 1.56 bits per heavy atom. The summed E-state index contributed by atoms with van der Waals surface area (Å²) in [5, 5.41) is 0. The van der Waals surface area contributed by atoms with Crippen LogP contribution >= 0.6 is 0 Å². The highest BCUT2D eigenvalue weighted by molar-refractivity contribution is 5.76. The van der Waals surface area contributed by atoms with Crippen molar-refractivity contribution in [3.05, 3.63) is 54.1 Å². The third-order valence-corrected chi connectivity index (χ3v) is 5.87. The lowest BCUT2D eigenvalue weighted by Gasteiger charge is -2.33. The normalized spacial score (nSPS) is 20.0. The average molecular weight is 365 g/mol. The molecule has 1 atom stereocenters. The van der Waals surface area contributed by atoms with Gasteiger partial charge in [-0.1, -0.05) is 76.4 Å². The lowest BCUT2D eigenvalue weighted by atomic mass is 9.73. The molecule has 0 heterocycles. The van der Waals surface area contributed by atoms with E-state index in [0.717, 1.165) is 24.3 Å². The van der Waals surface area contributed by atoms with Crippen LogP contribution in [0.5, 0.6) is 5.75 Å². The van der Waals surface area contributed by atoms with Gasteiger partial charge in [0.25, 0.3) is 0 Å². The Hall–Kier alpha value is -2.09. The van der Waals surface area contributed by atoms with Crippen molar-refractivity contribution in [3.8, 4) is 16.9 Å². The molecule has 2 aromatic rings.